The molecule has 1 N–H and O–H groups in total. The zero-order valence-corrected chi connectivity index (χ0v) is 11.9. The van der Waals surface area contributed by atoms with Crippen LogP contribution < -0.4 is 10.1 Å². The van der Waals surface area contributed by atoms with E-state index in [0.29, 0.717) is 16.8 Å². The molecule has 0 unspecified atom stereocenters. The lowest BCUT2D eigenvalue weighted by Crippen LogP contribution is -2.21. The van der Waals surface area contributed by atoms with Gasteiger partial charge in [0.15, 0.2) is 10.9 Å². The maximum Gasteiger partial charge on any atom is 0.171 e. The third-order valence-corrected chi connectivity index (χ3v) is 3.92. The van der Waals surface area contributed by atoms with Crippen molar-refractivity contribution in [3.8, 4) is 5.75 Å². The van der Waals surface area contributed by atoms with E-state index in [4.69, 9.17) is 16.3 Å². The molecule has 104 valence electrons. The molecule has 4 heteroatoms. The van der Waals surface area contributed by atoms with Crippen LogP contribution in [-0.4, -0.2) is 18.1 Å². The molecule has 1 fully saturated rings. The van der Waals surface area contributed by atoms with E-state index < -0.39 is 0 Å². The second kappa shape index (κ2) is 6.25. The lowest BCUT2D eigenvalue weighted by Gasteiger charge is -2.25. The summed E-state index contributed by atoms with van der Waals surface area (Å²) in [5, 5.41) is 3.81. The summed E-state index contributed by atoms with van der Waals surface area (Å²) >= 11 is 6.11. The number of aromatic nitrogens is 1. The van der Waals surface area contributed by atoms with Gasteiger partial charge in [0.1, 0.15) is 6.10 Å². The summed E-state index contributed by atoms with van der Waals surface area (Å²) in [4.78, 5) is 4.08. The Labute approximate surface area is 123 Å². The Balaban J connectivity index is 1.88. The molecule has 3 rings (SSSR count). The van der Waals surface area contributed by atoms with Gasteiger partial charge < -0.3 is 10.1 Å². The monoisotopic (exact) mass is 288 g/mol. The lowest BCUT2D eigenvalue weighted by molar-refractivity contribution is 0.144. The summed E-state index contributed by atoms with van der Waals surface area (Å²) in [6.45, 7) is 2.01. The van der Waals surface area contributed by atoms with Crippen molar-refractivity contribution >= 4 is 11.6 Å². The van der Waals surface area contributed by atoms with Gasteiger partial charge in [0, 0.05) is 18.7 Å². The Morgan fingerprint density at radius 1 is 1.20 bits per heavy atom. The molecule has 20 heavy (non-hydrogen) atoms. The largest absolute Gasteiger partial charge is 0.482 e. The Morgan fingerprint density at radius 3 is 2.75 bits per heavy atom. The highest BCUT2D eigenvalue weighted by Gasteiger charge is 2.28. The summed E-state index contributed by atoms with van der Waals surface area (Å²) < 4.78 is 6.18. The fraction of sp³-hybridized carbons (Fsp3) is 0.312. The van der Waals surface area contributed by atoms with Crippen molar-refractivity contribution < 1.29 is 4.74 Å². The SMILES string of the molecule is Clc1ncccc1O[C@H](c1ccccc1)[C@@H]1CCNC1. The minimum absolute atomic E-state index is 0.00731. The van der Waals surface area contributed by atoms with Crippen LogP contribution in [0.3, 0.4) is 0 Å². The molecule has 1 aliphatic rings. The maximum atomic E-state index is 6.18. The first kappa shape index (κ1) is 13.4. The number of nitrogens with one attached hydrogen (secondary N) is 1. The van der Waals surface area contributed by atoms with Crippen molar-refractivity contribution in [2.45, 2.75) is 12.5 Å². The fourth-order valence-corrected chi connectivity index (χ4v) is 2.77. The molecule has 2 aromatic rings. The molecule has 1 aliphatic heterocycles. The molecule has 1 saturated heterocycles. The van der Waals surface area contributed by atoms with E-state index in [1.807, 2.05) is 30.3 Å². The predicted octanol–water partition coefficient (Wildman–Crippen LogP) is 3.46. The van der Waals surface area contributed by atoms with E-state index in [1.165, 1.54) is 5.56 Å². The quantitative estimate of drug-likeness (QED) is 0.875. The van der Waals surface area contributed by atoms with Crippen LogP contribution in [0, 0.1) is 5.92 Å². The summed E-state index contributed by atoms with van der Waals surface area (Å²) in [5.74, 6) is 1.10. The summed E-state index contributed by atoms with van der Waals surface area (Å²) in [6, 6.07) is 14.0. The zero-order valence-electron chi connectivity index (χ0n) is 11.1. The van der Waals surface area contributed by atoms with Gasteiger partial charge in [-0.1, -0.05) is 41.9 Å². The molecule has 2 atom stereocenters. The molecule has 2 heterocycles. The molecular formula is C16H17ClN2O. The van der Waals surface area contributed by atoms with Gasteiger partial charge in [-0.15, -0.1) is 0 Å². The van der Waals surface area contributed by atoms with Crippen molar-refractivity contribution in [1.82, 2.24) is 10.3 Å². The van der Waals surface area contributed by atoms with Gasteiger partial charge in [-0.05, 0) is 30.7 Å². The minimum Gasteiger partial charge on any atom is -0.482 e. The number of nitrogens with zero attached hydrogens (tertiary/aromatic N) is 1. The maximum absolute atomic E-state index is 6.18. The van der Waals surface area contributed by atoms with Crippen LogP contribution in [0.5, 0.6) is 5.75 Å². The Morgan fingerprint density at radius 2 is 2.05 bits per heavy atom. The fourth-order valence-electron chi connectivity index (χ4n) is 2.61. The molecular weight excluding hydrogens is 272 g/mol. The first-order valence-corrected chi connectivity index (χ1v) is 7.25. The van der Waals surface area contributed by atoms with Crippen molar-refractivity contribution in [1.29, 1.82) is 0 Å². The summed E-state index contributed by atoms with van der Waals surface area (Å²) in [6.07, 6.45) is 2.79. The molecule has 0 saturated carbocycles. The highest BCUT2D eigenvalue weighted by molar-refractivity contribution is 6.30. The Bertz CT molecular complexity index is 555. The standard InChI is InChI=1S/C16H17ClN2O/c17-16-14(7-4-9-19-16)20-15(13-8-10-18-11-13)12-5-2-1-3-6-12/h1-7,9,13,15,18H,8,10-11H2/t13-,15-/m1/s1. The highest BCUT2D eigenvalue weighted by Crippen LogP contribution is 2.34. The topological polar surface area (TPSA) is 34.1 Å². The van der Waals surface area contributed by atoms with Crippen LogP contribution in [0.15, 0.2) is 48.7 Å². The van der Waals surface area contributed by atoms with Crippen molar-refractivity contribution in [3.05, 3.63) is 59.4 Å². The minimum atomic E-state index is 0.00731. The number of halogens is 1. The van der Waals surface area contributed by atoms with Crippen molar-refractivity contribution in [2.24, 2.45) is 5.92 Å². The van der Waals surface area contributed by atoms with Gasteiger partial charge in [-0.2, -0.15) is 0 Å². The van der Waals surface area contributed by atoms with Gasteiger partial charge in [0.25, 0.3) is 0 Å². The van der Waals surface area contributed by atoms with Gasteiger partial charge in [-0.3, -0.25) is 0 Å². The van der Waals surface area contributed by atoms with Crippen molar-refractivity contribution in [2.75, 3.05) is 13.1 Å². The highest BCUT2D eigenvalue weighted by atomic mass is 35.5. The molecule has 1 aromatic carbocycles. The smallest absolute Gasteiger partial charge is 0.171 e. The third kappa shape index (κ3) is 2.94. The van der Waals surface area contributed by atoms with Crippen LogP contribution >= 0.6 is 11.6 Å². The Kier molecular flexibility index (Phi) is 4.19. The second-order valence-electron chi connectivity index (χ2n) is 4.99. The average molecular weight is 289 g/mol. The molecule has 0 bridgehead atoms. The predicted molar refractivity (Wildman–Crippen MR) is 80.0 cm³/mol. The zero-order chi connectivity index (χ0) is 13.8. The van der Waals surface area contributed by atoms with E-state index in [2.05, 4.69) is 22.4 Å². The third-order valence-electron chi connectivity index (χ3n) is 3.63. The first-order chi connectivity index (χ1) is 9.84. The van der Waals surface area contributed by atoms with Crippen LogP contribution in [-0.2, 0) is 0 Å². The number of rotatable bonds is 4. The number of benzene rings is 1. The van der Waals surface area contributed by atoms with Crippen LogP contribution in [0.2, 0.25) is 5.15 Å². The van der Waals surface area contributed by atoms with E-state index in [0.717, 1.165) is 19.5 Å². The molecule has 0 radical (unpaired) electrons. The molecule has 0 spiro atoms. The number of hydrogen-bond acceptors (Lipinski definition) is 3. The normalized spacial score (nSPS) is 19.8. The van der Waals surface area contributed by atoms with E-state index >= 15 is 0 Å². The van der Waals surface area contributed by atoms with Crippen molar-refractivity contribution in [3.63, 3.8) is 0 Å². The van der Waals surface area contributed by atoms with E-state index in [9.17, 15) is 0 Å². The van der Waals surface area contributed by atoms with Crippen LogP contribution in [0.4, 0.5) is 0 Å². The Hall–Kier alpha value is -1.58. The van der Waals surface area contributed by atoms with Gasteiger partial charge in [0.05, 0.1) is 0 Å². The molecule has 3 nitrogen and oxygen atoms in total. The van der Waals surface area contributed by atoms with Gasteiger partial charge in [0.2, 0.25) is 0 Å². The summed E-state index contributed by atoms with van der Waals surface area (Å²) in [7, 11) is 0. The molecule has 0 aliphatic carbocycles. The van der Waals surface area contributed by atoms with Gasteiger partial charge in [-0.25, -0.2) is 4.98 Å². The van der Waals surface area contributed by atoms with Gasteiger partial charge >= 0.3 is 0 Å². The number of pyridine rings is 1. The van der Waals surface area contributed by atoms with E-state index in [1.54, 1.807) is 6.20 Å². The molecule has 1 aromatic heterocycles. The molecule has 0 amide bonds. The first-order valence-electron chi connectivity index (χ1n) is 6.87. The van der Waals surface area contributed by atoms with Crippen LogP contribution in [0.25, 0.3) is 0 Å². The summed E-state index contributed by atoms with van der Waals surface area (Å²) in [5.41, 5.74) is 1.18. The average Bonchev–Trinajstić information content (AvgIpc) is 3.01. The second-order valence-corrected chi connectivity index (χ2v) is 5.35. The number of ether oxygens (including phenoxy) is 1. The lowest BCUT2D eigenvalue weighted by atomic mass is 9.95. The van der Waals surface area contributed by atoms with E-state index in [-0.39, 0.29) is 6.10 Å². The number of hydrogen-bond donors (Lipinski definition) is 1. The van der Waals surface area contributed by atoms with Crippen LogP contribution in [0.1, 0.15) is 18.1 Å².